The highest BCUT2D eigenvalue weighted by atomic mass is 19.4. The van der Waals surface area contributed by atoms with Gasteiger partial charge in [0, 0.05) is 36.2 Å². The van der Waals surface area contributed by atoms with Crippen molar-refractivity contribution in [3.05, 3.63) is 58.7 Å². The van der Waals surface area contributed by atoms with Gasteiger partial charge < -0.3 is 24.0 Å². The molecule has 34 heavy (non-hydrogen) atoms. The molecule has 0 saturated carbocycles. The number of rotatable bonds is 4. The second-order valence-electron chi connectivity index (χ2n) is 8.53. The zero-order valence-corrected chi connectivity index (χ0v) is 19.2. The Morgan fingerprint density at radius 1 is 1.06 bits per heavy atom. The summed E-state index contributed by atoms with van der Waals surface area (Å²) in [6.45, 7) is 0.673. The van der Waals surface area contributed by atoms with Crippen molar-refractivity contribution < 1.29 is 37.0 Å². The van der Waals surface area contributed by atoms with Crippen LogP contribution in [0.5, 0.6) is 11.5 Å². The van der Waals surface area contributed by atoms with Crippen LogP contribution in [-0.2, 0) is 22.3 Å². The molecule has 2 aromatic rings. The van der Waals surface area contributed by atoms with Crippen LogP contribution in [0, 0.1) is 0 Å². The highest BCUT2D eigenvalue weighted by Crippen LogP contribution is 2.50. The fourth-order valence-electron chi connectivity index (χ4n) is 5.10. The van der Waals surface area contributed by atoms with Gasteiger partial charge in [-0.3, -0.25) is 4.79 Å². The van der Waals surface area contributed by atoms with Gasteiger partial charge in [-0.1, -0.05) is 0 Å². The van der Waals surface area contributed by atoms with Crippen LogP contribution in [0.25, 0.3) is 0 Å². The average molecular weight is 478 g/mol. The van der Waals surface area contributed by atoms with Crippen LogP contribution in [0.2, 0.25) is 0 Å². The second kappa shape index (κ2) is 8.50. The molecule has 0 radical (unpaired) electrons. The predicted octanol–water partition coefficient (Wildman–Crippen LogP) is 3.32. The molecule has 2 aliphatic heterocycles. The average Bonchev–Trinajstić information content (AvgIpc) is 3.19. The van der Waals surface area contributed by atoms with E-state index in [1.807, 2.05) is 18.0 Å². The van der Waals surface area contributed by atoms with Crippen molar-refractivity contribution in [2.45, 2.75) is 24.2 Å². The number of likely N-dealkylation sites (tertiary alicyclic amines) is 1. The maximum Gasteiger partial charge on any atom is 0.416 e. The van der Waals surface area contributed by atoms with E-state index in [0.29, 0.717) is 23.6 Å². The topological polar surface area (TPSA) is 68.3 Å². The number of hydrogen-bond acceptors (Lipinski definition) is 6. The van der Waals surface area contributed by atoms with Gasteiger partial charge in [-0.05, 0) is 42.9 Å². The SMILES string of the molecule is COC(=O)[C@@]12CN(C)C[C@@H]1c1cc(OC)cc(OC)c1CN2C(=O)c1ccc(C(F)(F)F)cc1. The minimum atomic E-state index is -4.52. The minimum Gasteiger partial charge on any atom is -0.497 e. The van der Waals surface area contributed by atoms with Gasteiger partial charge in [-0.15, -0.1) is 0 Å². The van der Waals surface area contributed by atoms with Crippen molar-refractivity contribution in [1.29, 1.82) is 0 Å². The van der Waals surface area contributed by atoms with Crippen LogP contribution in [-0.4, -0.2) is 68.7 Å². The molecule has 0 aliphatic carbocycles. The van der Waals surface area contributed by atoms with Crippen LogP contribution in [0.15, 0.2) is 36.4 Å². The third kappa shape index (κ3) is 3.66. The molecule has 2 aliphatic rings. The normalized spacial score (nSPS) is 22.1. The highest BCUT2D eigenvalue weighted by molar-refractivity contribution is 5.99. The summed E-state index contributed by atoms with van der Waals surface area (Å²) in [7, 11) is 6.12. The predicted molar refractivity (Wildman–Crippen MR) is 116 cm³/mol. The number of fused-ring (bicyclic) bond motifs is 3. The van der Waals surface area contributed by atoms with E-state index in [4.69, 9.17) is 14.2 Å². The van der Waals surface area contributed by atoms with E-state index in [1.165, 1.54) is 26.2 Å². The molecule has 1 fully saturated rings. The van der Waals surface area contributed by atoms with Gasteiger partial charge in [0.2, 0.25) is 0 Å². The van der Waals surface area contributed by atoms with Crippen LogP contribution >= 0.6 is 0 Å². The van der Waals surface area contributed by atoms with Gasteiger partial charge in [0.05, 0.1) is 33.4 Å². The molecule has 0 aromatic heterocycles. The quantitative estimate of drug-likeness (QED) is 0.629. The molecule has 2 heterocycles. The zero-order chi connectivity index (χ0) is 24.8. The monoisotopic (exact) mass is 478 g/mol. The molecule has 1 saturated heterocycles. The van der Waals surface area contributed by atoms with Crippen molar-refractivity contribution in [2.75, 3.05) is 41.5 Å². The lowest BCUT2D eigenvalue weighted by Crippen LogP contribution is -2.63. The van der Waals surface area contributed by atoms with Gasteiger partial charge >= 0.3 is 12.1 Å². The smallest absolute Gasteiger partial charge is 0.416 e. The minimum absolute atomic E-state index is 0.0157. The van der Waals surface area contributed by atoms with E-state index in [2.05, 4.69) is 0 Å². The largest absolute Gasteiger partial charge is 0.497 e. The number of carbonyl (C=O) groups is 2. The van der Waals surface area contributed by atoms with E-state index in [-0.39, 0.29) is 18.7 Å². The Morgan fingerprint density at radius 2 is 1.74 bits per heavy atom. The molecule has 0 unspecified atom stereocenters. The maximum atomic E-state index is 13.7. The number of halogens is 3. The maximum absolute atomic E-state index is 13.7. The number of methoxy groups -OCH3 is 3. The summed E-state index contributed by atoms with van der Waals surface area (Å²) in [5.41, 5.74) is -0.664. The molecule has 7 nitrogen and oxygen atoms in total. The number of carbonyl (C=O) groups excluding carboxylic acids is 2. The Bertz CT molecular complexity index is 1120. The van der Waals surface area contributed by atoms with Crippen molar-refractivity contribution in [3.63, 3.8) is 0 Å². The van der Waals surface area contributed by atoms with Gasteiger partial charge in [0.25, 0.3) is 5.91 Å². The first-order chi connectivity index (χ1) is 16.1. The molecule has 0 spiro atoms. The highest BCUT2D eigenvalue weighted by Gasteiger charge is 2.61. The number of nitrogens with zero attached hydrogens (tertiary/aromatic N) is 2. The van der Waals surface area contributed by atoms with Gasteiger partial charge in [0.15, 0.2) is 5.54 Å². The van der Waals surface area contributed by atoms with Crippen LogP contribution in [0.3, 0.4) is 0 Å². The summed E-state index contributed by atoms with van der Waals surface area (Å²) in [6.07, 6.45) is -4.52. The molecule has 4 rings (SSSR count). The van der Waals surface area contributed by atoms with Crippen molar-refractivity contribution in [1.82, 2.24) is 9.80 Å². The van der Waals surface area contributed by atoms with E-state index >= 15 is 0 Å². The Labute approximate surface area is 195 Å². The van der Waals surface area contributed by atoms with E-state index in [9.17, 15) is 22.8 Å². The second-order valence-corrected chi connectivity index (χ2v) is 8.53. The first-order valence-corrected chi connectivity index (χ1v) is 10.6. The lowest BCUT2D eigenvalue weighted by atomic mass is 9.74. The first kappa shape index (κ1) is 23.9. The summed E-state index contributed by atoms with van der Waals surface area (Å²) in [5.74, 6) is -0.576. The Morgan fingerprint density at radius 3 is 2.29 bits per heavy atom. The summed E-state index contributed by atoms with van der Waals surface area (Å²) < 4.78 is 55.3. The molecule has 1 amide bonds. The van der Waals surface area contributed by atoms with Crippen molar-refractivity contribution in [3.8, 4) is 11.5 Å². The summed E-state index contributed by atoms with van der Waals surface area (Å²) >= 11 is 0. The summed E-state index contributed by atoms with van der Waals surface area (Å²) in [6, 6.07) is 7.51. The number of benzene rings is 2. The van der Waals surface area contributed by atoms with Gasteiger partial charge in [-0.25, -0.2) is 4.79 Å². The molecule has 0 bridgehead atoms. The van der Waals surface area contributed by atoms with Crippen LogP contribution < -0.4 is 9.47 Å². The molecule has 182 valence electrons. The lowest BCUT2D eigenvalue weighted by molar-refractivity contribution is -0.155. The first-order valence-electron chi connectivity index (χ1n) is 10.6. The number of esters is 1. The standard InChI is InChI=1S/C24H25F3N2O5/c1-28-12-19-17-9-16(32-2)10-20(33-3)18(17)11-29(23(19,13-28)22(31)34-4)21(30)14-5-7-15(8-6-14)24(25,26)27/h5-10,19H,11-13H2,1-4H3/t19-,23-/m1/s1. The van der Waals surface area contributed by atoms with Gasteiger partial charge in [0.1, 0.15) is 11.5 Å². The van der Waals surface area contributed by atoms with Crippen molar-refractivity contribution in [2.24, 2.45) is 0 Å². The van der Waals surface area contributed by atoms with E-state index < -0.39 is 35.1 Å². The number of likely N-dealkylation sites (N-methyl/N-ethyl adjacent to an activating group) is 1. The zero-order valence-electron chi connectivity index (χ0n) is 19.2. The molecule has 0 N–H and O–H groups in total. The molecule has 2 aromatic carbocycles. The number of hydrogen-bond donors (Lipinski definition) is 0. The number of alkyl halides is 3. The third-order valence-corrected chi connectivity index (χ3v) is 6.67. The van der Waals surface area contributed by atoms with Crippen molar-refractivity contribution >= 4 is 11.9 Å². The Hall–Kier alpha value is -3.27. The third-order valence-electron chi connectivity index (χ3n) is 6.67. The fourth-order valence-corrected chi connectivity index (χ4v) is 5.10. The molecular formula is C24H25F3N2O5. The van der Waals surface area contributed by atoms with Gasteiger partial charge in [-0.2, -0.15) is 13.2 Å². The van der Waals surface area contributed by atoms with Crippen LogP contribution in [0.1, 0.15) is 33.0 Å². The number of amides is 1. The molecular weight excluding hydrogens is 453 g/mol. The molecule has 2 atom stereocenters. The Balaban J connectivity index is 1.88. The lowest BCUT2D eigenvalue weighted by Gasteiger charge is -2.47. The fraction of sp³-hybridized carbons (Fsp3) is 0.417. The number of ether oxygens (including phenoxy) is 3. The van der Waals surface area contributed by atoms with Crippen LogP contribution in [0.4, 0.5) is 13.2 Å². The summed E-state index contributed by atoms with van der Waals surface area (Å²) in [5, 5.41) is 0. The summed E-state index contributed by atoms with van der Waals surface area (Å²) in [4.78, 5) is 30.4. The molecule has 10 heteroatoms. The Kier molecular flexibility index (Phi) is 5.97. The van der Waals surface area contributed by atoms with E-state index in [1.54, 1.807) is 6.07 Å². The van der Waals surface area contributed by atoms with E-state index in [0.717, 1.165) is 29.8 Å².